The monoisotopic (exact) mass is 255 g/mol. The van der Waals surface area contributed by atoms with Gasteiger partial charge in [-0.1, -0.05) is 0 Å². The Balaban J connectivity index is 1.81. The van der Waals surface area contributed by atoms with Crippen molar-refractivity contribution < 1.29 is 4.79 Å². The Morgan fingerprint density at radius 2 is 2.11 bits per heavy atom. The first kappa shape index (κ1) is 12.0. The Labute approximate surface area is 112 Å². The number of hydrogen-bond acceptors (Lipinski definition) is 2. The van der Waals surface area contributed by atoms with E-state index in [0.29, 0.717) is 6.04 Å². The predicted molar refractivity (Wildman–Crippen MR) is 73.3 cm³/mol. The van der Waals surface area contributed by atoms with E-state index in [1.54, 1.807) is 12.5 Å². The summed E-state index contributed by atoms with van der Waals surface area (Å²) < 4.78 is 1.92. The molecule has 4 heteroatoms. The lowest BCUT2D eigenvalue weighted by molar-refractivity contribution is 0.0747. The first-order valence-corrected chi connectivity index (χ1v) is 6.65. The molecule has 1 amide bonds. The van der Waals surface area contributed by atoms with Crippen molar-refractivity contribution in [2.75, 3.05) is 6.54 Å². The Bertz CT molecular complexity index is 560. The molecule has 19 heavy (non-hydrogen) atoms. The van der Waals surface area contributed by atoms with Crippen LogP contribution in [0, 0.1) is 0 Å². The normalized spacial score (nSPS) is 18.8. The highest BCUT2D eigenvalue weighted by atomic mass is 16.2. The lowest BCUT2D eigenvalue weighted by Gasteiger charge is -2.21. The summed E-state index contributed by atoms with van der Waals surface area (Å²) in [6, 6.07) is 8.05. The standard InChI is InChI=1S/C15H17N3O/c1-12-3-2-9-18(12)15(19)13-4-6-14(7-5-13)17-10-8-16-11-17/h4-8,10-12H,2-3,9H2,1H3. The minimum atomic E-state index is 0.141. The summed E-state index contributed by atoms with van der Waals surface area (Å²) in [4.78, 5) is 18.3. The highest BCUT2D eigenvalue weighted by Crippen LogP contribution is 2.20. The van der Waals surface area contributed by atoms with Gasteiger partial charge in [-0.15, -0.1) is 0 Å². The van der Waals surface area contributed by atoms with Gasteiger partial charge >= 0.3 is 0 Å². The van der Waals surface area contributed by atoms with Crippen LogP contribution in [0.5, 0.6) is 0 Å². The van der Waals surface area contributed by atoms with Gasteiger partial charge in [0, 0.05) is 36.2 Å². The maximum absolute atomic E-state index is 12.4. The number of amides is 1. The Hall–Kier alpha value is -2.10. The molecule has 0 spiro atoms. The van der Waals surface area contributed by atoms with Crippen molar-refractivity contribution in [2.24, 2.45) is 0 Å². The Morgan fingerprint density at radius 3 is 2.68 bits per heavy atom. The van der Waals surface area contributed by atoms with Crippen molar-refractivity contribution in [3.63, 3.8) is 0 Å². The van der Waals surface area contributed by atoms with Crippen molar-refractivity contribution in [2.45, 2.75) is 25.8 Å². The van der Waals surface area contributed by atoms with Crippen LogP contribution in [0.1, 0.15) is 30.1 Å². The van der Waals surface area contributed by atoms with Crippen molar-refractivity contribution in [3.05, 3.63) is 48.5 Å². The van der Waals surface area contributed by atoms with Crippen LogP contribution in [0.15, 0.2) is 43.0 Å². The average Bonchev–Trinajstić information content (AvgIpc) is 3.09. The second-order valence-corrected chi connectivity index (χ2v) is 5.01. The molecule has 1 fully saturated rings. The predicted octanol–water partition coefficient (Wildman–Crippen LogP) is 2.50. The second-order valence-electron chi connectivity index (χ2n) is 5.01. The summed E-state index contributed by atoms with van der Waals surface area (Å²) in [5, 5.41) is 0. The van der Waals surface area contributed by atoms with Crippen LogP contribution in [0.4, 0.5) is 0 Å². The molecule has 1 saturated heterocycles. The third-order valence-corrected chi connectivity index (χ3v) is 3.73. The van der Waals surface area contributed by atoms with E-state index in [9.17, 15) is 4.79 Å². The molecular weight excluding hydrogens is 238 g/mol. The van der Waals surface area contributed by atoms with Gasteiger partial charge in [-0.3, -0.25) is 4.79 Å². The number of hydrogen-bond donors (Lipinski definition) is 0. The lowest BCUT2D eigenvalue weighted by Crippen LogP contribution is -2.33. The first-order valence-electron chi connectivity index (χ1n) is 6.65. The van der Waals surface area contributed by atoms with Gasteiger partial charge in [-0.25, -0.2) is 4.98 Å². The van der Waals surface area contributed by atoms with Crippen molar-refractivity contribution >= 4 is 5.91 Å². The molecule has 98 valence electrons. The van der Waals surface area contributed by atoms with Gasteiger partial charge in [0.05, 0.1) is 6.33 Å². The number of rotatable bonds is 2. The molecule has 1 aromatic heterocycles. The average molecular weight is 255 g/mol. The summed E-state index contributed by atoms with van der Waals surface area (Å²) >= 11 is 0. The third-order valence-electron chi connectivity index (χ3n) is 3.73. The highest BCUT2D eigenvalue weighted by molar-refractivity contribution is 5.94. The third kappa shape index (κ3) is 2.26. The molecule has 0 bridgehead atoms. The molecule has 3 rings (SSSR count). The van der Waals surface area contributed by atoms with Crippen molar-refractivity contribution in [3.8, 4) is 5.69 Å². The van der Waals surface area contributed by atoms with Gasteiger partial charge in [0.15, 0.2) is 0 Å². The zero-order valence-corrected chi connectivity index (χ0v) is 11.0. The van der Waals surface area contributed by atoms with E-state index in [4.69, 9.17) is 0 Å². The van der Waals surface area contributed by atoms with Crippen LogP contribution in [0.25, 0.3) is 5.69 Å². The summed E-state index contributed by atoms with van der Waals surface area (Å²) in [5.74, 6) is 0.141. The van der Waals surface area contributed by atoms with E-state index in [-0.39, 0.29) is 5.91 Å². The van der Waals surface area contributed by atoms with E-state index >= 15 is 0 Å². The molecule has 1 unspecified atom stereocenters. The summed E-state index contributed by atoms with van der Waals surface area (Å²) in [5.41, 5.74) is 1.78. The van der Waals surface area contributed by atoms with E-state index in [2.05, 4.69) is 11.9 Å². The van der Waals surface area contributed by atoms with Gasteiger partial charge in [0.1, 0.15) is 0 Å². The van der Waals surface area contributed by atoms with Crippen LogP contribution < -0.4 is 0 Å². The van der Waals surface area contributed by atoms with Gasteiger partial charge in [0.25, 0.3) is 5.91 Å². The van der Waals surface area contributed by atoms with E-state index in [1.165, 1.54) is 0 Å². The van der Waals surface area contributed by atoms with Crippen molar-refractivity contribution in [1.29, 1.82) is 0 Å². The highest BCUT2D eigenvalue weighted by Gasteiger charge is 2.25. The molecule has 4 nitrogen and oxygen atoms in total. The molecule has 0 saturated carbocycles. The number of aromatic nitrogens is 2. The summed E-state index contributed by atoms with van der Waals surface area (Å²) in [7, 11) is 0. The maximum Gasteiger partial charge on any atom is 0.254 e. The van der Waals surface area contributed by atoms with E-state index in [1.807, 2.05) is 39.9 Å². The number of imidazole rings is 1. The molecule has 1 aliphatic rings. The zero-order chi connectivity index (χ0) is 13.2. The zero-order valence-electron chi connectivity index (χ0n) is 11.0. The fraction of sp³-hybridized carbons (Fsp3) is 0.333. The molecule has 0 N–H and O–H groups in total. The SMILES string of the molecule is CC1CCCN1C(=O)c1ccc(-n2ccnc2)cc1. The van der Waals surface area contributed by atoms with Gasteiger partial charge in [-0.05, 0) is 44.0 Å². The van der Waals surface area contributed by atoms with Crippen molar-refractivity contribution in [1.82, 2.24) is 14.5 Å². The molecule has 0 aliphatic carbocycles. The number of nitrogens with zero attached hydrogens (tertiary/aromatic N) is 3. The molecule has 0 radical (unpaired) electrons. The van der Waals surface area contributed by atoms with Crippen LogP contribution in [-0.2, 0) is 0 Å². The number of carbonyl (C=O) groups excluding carboxylic acids is 1. The first-order chi connectivity index (χ1) is 9.25. The minimum absolute atomic E-state index is 0.141. The van der Waals surface area contributed by atoms with Gasteiger partial charge in [0.2, 0.25) is 0 Å². The molecule has 2 heterocycles. The topological polar surface area (TPSA) is 38.1 Å². The van der Waals surface area contributed by atoms with Crippen LogP contribution >= 0.6 is 0 Å². The quantitative estimate of drug-likeness (QED) is 0.827. The molecule has 2 aromatic rings. The summed E-state index contributed by atoms with van der Waals surface area (Å²) in [6.45, 7) is 2.99. The van der Waals surface area contributed by atoms with Crippen LogP contribution in [0.3, 0.4) is 0 Å². The summed E-state index contributed by atoms with van der Waals surface area (Å²) in [6.07, 6.45) is 7.60. The largest absolute Gasteiger partial charge is 0.336 e. The van der Waals surface area contributed by atoms with E-state index < -0.39 is 0 Å². The van der Waals surface area contributed by atoms with Gasteiger partial charge < -0.3 is 9.47 Å². The molecule has 1 aromatic carbocycles. The number of benzene rings is 1. The van der Waals surface area contributed by atoms with E-state index in [0.717, 1.165) is 30.6 Å². The van der Waals surface area contributed by atoms with Crippen LogP contribution in [-0.4, -0.2) is 32.9 Å². The fourth-order valence-corrected chi connectivity index (χ4v) is 2.59. The molecule has 1 atom stereocenters. The molecular formula is C15H17N3O. The Kier molecular flexibility index (Phi) is 3.07. The number of likely N-dealkylation sites (tertiary alicyclic amines) is 1. The van der Waals surface area contributed by atoms with Gasteiger partial charge in [-0.2, -0.15) is 0 Å². The van der Waals surface area contributed by atoms with Crippen LogP contribution in [0.2, 0.25) is 0 Å². The number of carbonyl (C=O) groups is 1. The fourth-order valence-electron chi connectivity index (χ4n) is 2.59. The second kappa shape index (κ2) is 4.88. The molecule has 1 aliphatic heterocycles. The smallest absolute Gasteiger partial charge is 0.254 e. The maximum atomic E-state index is 12.4. The Morgan fingerprint density at radius 1 is 1.32 bits per heavy atom. The lowest BCUT2D eigenvalue weighted by atomic mass is 10.1. The minimum Gasteiger partial charge on any atom is -0.336 e.